The molecule has 0 saturated heterocycles. The summed E-state index contributed by atoms with van der Waals surface area (Å²) >= 11 is 1.84. The summed E-state index contributed by atoms with van der Waals surface area (Å²) in [5.41, 5.74) is 13.0. The minimum atomic E-state index is 0.668. The number of nitrogens with zero attached hydrogens (tertiary/aromatic N) is 3. The van der Waals surface area contributed by atoms with Gasteiger partial charge in [0, 0.05) is 15.5 Å². The van der Waals surface area contributed by atoms with Crippen LogP contribution in [0, 0.1) is 11.3 Å². The molecule has 0 N–H and O–H groups in total. The van der Waals surface area contributed by atoms with Crippen LogP contribution in [0.5, 0.6) is 0 Å². The van der Waals surface area contributed by atoms with Gasteiger partial charge in [0.2, 0.25) is 0 Å². The van der Waals surface area contributed by atoms with Crippen LogP contribution in [0.25, 0.3) is 125 Å². The Morgan fingerprint density at radius 3 is 1.63 bits per heavy atom. The number of pyridine rings is 1. The van der Waals surface area contributed by atoms with Gasteiger partial charge in [0.1, 0.15) is 0 Å². The average Bonchev–Trinajstić information content (AvgIpc) is 3.91. The first-order valence-corrected chi connectivity index (χ1v) is 21.7. The molecule has 3 aromatic heterocycles. The number of aromatic nitrogens is 2. The highest BCUT2D eigenvalue weighted by Crippen LogP contribution is 2.44. The molecule has 0 unspecified atom stereocenters. The average molecular weight is 804 g/mol. The van der Waals surface area contributed by atoms with E-state index < -0.39 is 0 Å². The molecule has 0 spiro atoms. The van der Waals surface area contributed by atoms with Gasteiger partial charge in [-0.2, -0.15) is 5.26 Å². The van der Waals surface area contributed by atoms with Crippen molar-refractivity contribution >= 4 is 91.3 Å². The monoisotopic (exact) mass is 803 g/mol. The summed E-state index contributed by atoms with van der Waals surface area (Å²) in [5.74, 6) is 0. The number of benzene rings is 10. The minimum absolute atomic E-state index is 0.668. The summed E-state index contributed by atoms with van der Waals surface area (Å²) in [6, 6.07) is 74.6. The van der Waals surface area contributed by atoms with Crippen molar-refractivity contribution in [2.45, 2.75) is 0 Å². The lowest BCUT2D eigenvalue weighted by Gasteiger charge is -2.14. The highest BCUT2D eigenvalue weighted by atomic mass is 32.1. The lowest BCUT2D eigenvalue weighted by atomic mass is 9.91. The molecule has 0 saturated carbocycles. The van der Waals surface area contributed by atoms with Crippen molar-refractivity contribution in [1.82, 2.24) is 9.38 Å². The molecule has 13 rings (SSSR count). The standard InChI is InChI=1S/C58H33N3S/c59-34-35-13-15-36(16-14-35)37-17-19-39(20-18-37)46-26-27-47(50-12-6-5-11-49(46)50)40-21-23-41(24-22-40)53-33-51-56-48-10-4-3-7-38(48)25-28-55(56)62-57(51)58-60-52-31-44-29-42-8-1-2-9-43(42)30-45(44)32-54(52)61(53)58/h1-33H. The van der Waals surface area contributed by atoms with Gasteiger partial charge in [-0.1, -0.05) is 152 Å². The van der Waals surface area contributed by atoms with Crippen LogP contribution in [0.3, 0.4) is 0 Å². The number of nitriles is 1. The molecule has 0 radical (unpaired) electrons. The van der Waals surface area contributed by atoms with Crippen molar-refractivity contribution in [3.8, 4) is 50.7 Å². The number of fused-ring (bicyclic) bond motifs is 12. The van der Waals surface area contributed by atoms with Crippen LogP contribution in [0.1, 0.15) is 5.56 Å². The van der Waals surface area contributed by atoms with Crippen LogP contribution in [0.4, 0.5) is 0 Å². The zero-order valence-corrected chi connectivity index (χ0v) is 34.1. The van der Waals surface area contributed by atoms with E-state index in [1.54, 1.807) is 0 Å². The van der Waals surface area contributed by atoms with Gasteiger partial charge in [0.15, 0.2) is 5.65 Å². The lowest BCUT2D eigenvalue weighted by molar-refractivity contribution is 1.25. The molecule has 0 atom stereocenters. The highest BCUT2D eigenvalue weighted by Gasteiger charge is 2.20. The summed E-state index contributed by atoms with van der Waals surface area (Å²) in [4.78, 5) is 5.46. The smallest absolute Gasteiger partial charge is 0.156 e. The third kappa shape index (κ3) is 5.33. The Bertz CT molecular complexity index is 4020. The van der Waals surface area contributed by atoms with E-state index in [1.165, 1.54) is 85.5 Å². The first-order chi connectivity index (χ1) is 30.6. The van der Waals surface area contributed by atoms with Crippen LogP contribution >= 0.6 is 11.3 Å². The van der Waals surface area contributed by atoms with Crippen molar-refractivity contribution in [2.75, 3.05) is 0 Å². The quantitative estimate of drug-likeness (QED) is 0.166. The topological polar surface area (TPSA) is 41.1 Å². The van der Waals surface area contributed by atoms with E-state index in [-0.39, 0.29) is 0 Å². The van der Waals surface area contributed by atoms with Crippen LogP contribution < -0.4 is 0 Å². The van der Waals surface area contributed by atoms with Gasteiger partial charge in [0.05, 0.1) is 33.1 Å². The van der Waals surface area contributed by atoms with Gasteiger partial charge in [-0.05, 0) is 131 Å². The van der Waals surface area contributed by atoms with Gasteiger partial charge in [-0.25, -0.2) is 4.98 Å². The van der Waals surface area contributed by atoms with Gasteiger partial charge < -0.3 is 0 Å². The number of hydrogen-bond acceptors (Lipinski definition) is 3. The van der Waals surface area contributed by atoms with Crippen molar-refractivity contribution in [1.29, 1.82) is 5.26 Å². The van der Waals surface area contributed by atoms with Crippen molar-refractivity contribution in [2.24, 2.45) is 0 Å². The molecule has 3 heterocycles. The molecule has 3 nitrogen and oxygen atoms in total. The van der Waals surface area contributed by atoms with Crippen LogP contribution in [0.15, 0.2) is 200 Å². The Labute approximate surface area is 360 Å². The predicted molar refractivity (Wildman–Crippen MR) is 262 cm³/mol. The molecule has 10 aromatic carbocycles. The van der Waals surface area contributed by atoms with Gasteiger partial charge >= 0.3 is 0 Å². The zero-order valence-electron chi connectivity index (χ0n) is 33.3. The third-order valence-electron chi connectivity index (χ3n) is 12.8. The Balaban J connectivity index is 0.968. The second-order valence-corrected chi connectivity index (χ2v) is 17.3. The Hall–Kier alpha value is -8.10. The van der Waals surface area contributed by atoms with Crippen LogP contribution in [-0.2, 0) is 0 Å². The van der Waals surface area contributed by atoms with Gasteiger partial charge in [-0.3, -0.25) is 4.40 Å². The molecule has 0 fully saturated rings. The Morgan fingerprint density at radius 1 is 0.435 bits per heavy atom. The van der Waals surface area contributed by atoms with Crippen molar-refractivity contribution in [3.05, 3.63) is 206 Å². The SMILES string of the molecule is N#Cc1ccc(-c2ccc(-c3ccc(-c4ccc(-c5cc6c(sc7ccc8ccccc8c76)c6nc7cc8cc9ccccc9cc8cc7n56)cc4)c4ccccc34)cc2)cc1. The molecule has 0 aliphatic carbocycles. The minimum Gasteiger partial charge on any atom is -0.291 e. The Morgan fingerprint density at radius 2 is 0.984 bits per heavy atom. The first kappa shape index (κ1) is 34.7. The molecular weight excluding hydrogens is 771 g/mol. The molecule has 0 amide bonds. The number of rotatable bonds is 4. The second-order valence-electron chi connectivity index (χ2n) is 16.2. The molecule has 0 aliphatic rings. The largest absolute Gasteiger partial charge is 0.291 e. The van der Waals surface area contributed by atoms with Crippen molar-refractivity contribution < 1.29 is 0 Å². The van der Waals surface area contributed by atoms with E-state index in [1.807, 2.05) is 35.6 Å². The normalized spacial score (nSPS) is 11.9. The fourth-order valence-corrected chi connectivity index (χ4v) is 10.9. The summed E-state index contributed by atoms with van der Waals surface area (Å²) in [6.07, 6.45) is 0. The van der Waals surface area contributed by atoms with E-state index in [2.05, 4.69) is 186 Å². The van der Waals surface area contributed by atoms with Crippen LogP contribution in [0.2, 0.25) is 0 Å². The number of thiophene rings is 1. The van der Waals surface area contributed by atoms with Crippen LogP contribution in [-0.4, -0.2) is 9.38 Å². The molecule has 286 valence electrons. The first-order valence-electron chi connectivity index (χ1n) is 20.9. The van der Waals surface area contributed by atoms with E-state index in [0.717, 1.165) is 39.1 Å². The highest BCUT2D eigenvalue weighted by molar-refractivity contribution is 7.26. The van der Waals surface area contributed by atoms with E-state index >= 15 is 0 Å². The fraction of sp³-hybridized carbons (Fsp3) is 0. The third-order valence-corrected chi connectivity index (χ3v) is 13.9. The maximum Gasteiger partial charge on any atom is 0.156 e. The predicted octanol–water partition coefficient (Wildman–Crippen LogP) is 16.0. The van der Waals surface area contributed by atoms with Crippen molar-refractivity contribution in [3.63, 3.8) is 0 Å². The summed E-state index contributed by atoms with van der Waals surface area (Å²) in [7, 11) is 0. The number of hydrogen-bond donors (Lipinski definition) is 0. The molecule has 13 aromatic rings. The maximum absolute atomic E-state index is 9.24. The molecular formula is C58H33N3S. The lowest BCUT2D eigenvalue weighted by Crippen LogP contribution is -1.93. The van der Waals surface area contributed by atoms with E-state index in [0.29, 0.717) is 5.56 Å². The molecule has 0 bridgehead atoms. The number of imidazole rings is 1. The fourth-order valence-electron chi connectivity index (χ4n) is 9.72. The molecule has 4 heteroatoms. The maximum atomic E-state index is 9.24. The summed E-state index contributed by atoms with van der Waals surface area (Å²) in [6.45, 7) is 0. The van der Waals surface area contributed by atoms with E-state index in [9.17, 15) is 5.26 Å². The Kier molecular flexibility index (Phi) is 7.54. The zero-order chi connectivity index (χ0) is 40.9. The summed E-state index contributed by atoms with van der Waals surface area (Å²) in [5, 5.41) is 21.6. The van der Waals surface area contributed by atoms with Gasteiger partial charge in [0.25, 0.3) is 0 Å². The summed E-state index contributed by atoms with van der Waals surface area (Å²) < 4.78 is 4.88. The molecule has 62 heavy (non-hydrogen) atoms. The second kappa shape index (κ2) is 13.5. The van der Waals surface area contributed by atoms with Gasteiger partial charge in [-0.15, -0.1) is 11.3 Å². The van der Waals surface area contributed by atoms with E-state index in [4.69, 9.17) is 4.98 Å². The molecule has 0 aliphatic heterocycles.